The van der Waals surface area contributed by atoms with Gasteiger partial charge in [0, 0.05) is 6.54 Å². The van der Waals surface area contributed by atoms with Gasteiger partial charge in [-0.3, -0.25) is 0 Å². The van der Waals surface area contributed by atoms with Gasteiger partial charge in [0.15, 0.2) is 11.5 Å². The van der Waals surface area contributed by atoms with Crippen molar-refractivity contribution in [2.75, 3.05) is 20.8 Å². The average molecular weight is 447 g/mol. The van der Waals surface area contributed by atoms with E-state index in [0.29, 0.717) is 24.5 Å². The first-order valence-electron chi connectivity index (χ1n) is 11.1. The van der Waals surface area contributed by atoms with E-state index in [1.165, 1.54) is 0 Å². The van der Waals surface area contributed by atoms with Gasteiger partial charge in [0.2, 0.25) is 0 Å². The van der Waals surface area contributed by atoms with Gasteiger partial charge in [0.1, 0.15) is 6.10 Å². The number of methoxy groups -OCH3 is 2. The molecule has 1 aliphatic heterocycles. The van der Waals surface area contributed by atoms with Gasteiger partial charge in [0.25, 0.3) is 0 Å². The molecular formula is C27H30N2O4. The van der Waals surface area contributed by atoms with E-state index in [1.54, 1.807) is 19.1 Å². The van der Waals surface area contributed by atoms with E-state index in [9.17, 15) is 9.90 Å². The van der Waals surface area contributed by atoms with Crippen LogP contribution in [0, 0.1) is 0 Å². The first-order valence-corrected chi connectivity index (χ1v) is 11.1. The SMILES string of the molecule is COc1cc2c(cc1OC)C(C(O)c1ccccc1)N(C(=O)NC(C)c1ccccc1)CC2. The number of nitrogens with zero attached hydrogens (tertiary/aromatic N) is 1. The van der Waals surface area contributed by atoms with Crippen LogP contribution in [-0.2, 0) is 6.42 Å². The van der Waals surface area contributed by atoms with Gasteiger partial charge in [-0.15, -0.1) is 0 Å². The minimum absolute atomic E-state index is 0.167. The molecule has 0 radical (unpaired) electrons. The topological polar surface area (TPSA) is 71.0 Å². The highest BCUT2D eigenvalue weighted by molar-refractivity contribution is 5.76. The van der Waals surface area contributed by atoms with Gasteiger partial charge in [-0.25, -0.2) is 4.79 Å². The number of rotatable bonds is 6. The van der Waals surface area contributed by atoms with Crippen molar-refractivity contribution in [2.24, 2.45) is 0 Å². The van der Waals surface area contributed by atoms with Crippen molar-refractivity contribution in [1.29, 1.82) is 0 Å². The molecule has 0 saturated heterocycles. The number of aliphatic hydroxyl groups is 1. The van der Waals surface area contributed by atoms with Crippen LogP contribution in [0.3, 0.4) is 0 Å². The van der Waals surface area contributed by atoms with Crippen LogP contribution in [0.25, 0.3) is 0 Å². The Morgan fingerprint density at radius 3 is 2.15 bits per heavy atom. The summed E-state index contributed by atoms with van der Waals surface area (Å²) in [6, 6.07) is 22.2. The highest BCUT2D eigenvalue weighted by atomic mass is 16.5. The van der Waals surface area contributed by atoms with E-state index >= 15 is 0 Å². The lowest BCUT2D eigenvalue weighted by molar-refractivity contribution is 0.0580. The molecule has 3 aromatic rings. The maximum Gasteiger partial charge on any atom is 0.318 e. The first-order chi connectivity index (χ1) is 16.0. The molecule has 1 aliphatic rings. The van der Waals surface area contributed by atoms with Crippen molar-refractivity contribution in [2.45, 2.75) is 31.5 Å². The maximum absolute atomic E-state index is 13.5. The van der Waals surface area contributed by atoms with Gasteiger partial charge in [-0.1, -0.05) is 60.7 Å². The molecule has 0 spiro atoms. The molecule has 172 valence electrons. The van der Waals surface area contributed by atoms with Crippen LogP contribution in [0.5, 0.6) is 11.5 Å². The van der Waals surface area contributed by atoms with Gasteiger partial charge in [0.05, 0.1) is 26.3 Å². The minimum atomic E-state index is -0.902. The molecule has 0 aliphatic carbocycles. The fourth-order valence-electron chi connectivity index (χ4n) is 4.47. The van der Waals surface area contributed by atoms with Gasteiger partial charge >= 0.3 is 6.03 Å². The summed E-state index contributed by atoms with van der Waals surface area (Å²) in [7, 11) is 3.19. The Kier molecular flexibility index (Phi) is 6.84. The Morgan fingerprint density at radius 2 is 1.55 bits per heavy atom. The molecule has 0 saturated carbocycles. The fourth-order valence-corrected chi connectivity index (χ4v) is 4.47. The lowest BCUT2D eigenvalue weighted by Gasteiger charge is -2.40. The van der Waals surface area contributed by atoms with E-state index in [1.807, 2.05) is 79.7 Å². The highest BCUT2D eigenvalue weighted by Gasteiger charge is 2.37. The number of hydrogen-bond donors (Lipinski definition) is 2. The molecule has 3 aromatic carbocycles. The van der Waals surface area contributed by atoms with Gasteiger partial charge in [-0.05, 0) is 47.7 Å². The summed E-state index contributed by atoms with van der Waals surface area (Å²) in [6.45, 7) is 2.44. The smallest absolute Gasteiger partial charge is 0.318 e. The zero-order chi connectivity index (χ0) is 23.4. The molecule has 33 heavy (non-hydrogen) atoms. The van der Waals surface area contributed by atoms with Crippen LogP contribution in [0.4, 0.5) is 4.79 Å². The third-order valence-electron chi connectivity index (χ3n) is 6.26. The van der Waals surface area contributed by atoms with Crippen molar-refractivity contribution < 1.29 is 19.4 Å². The summed E-state index contributed by atoms with van der Waals surface area (Å²) in [6.07, 6.45) is -0.248. The molecule has 6 heteroatoms. The monoisotopic (exact) mass is 446 g/mol. The van der Waals surface area contributed by atoms with Crippen molar-refractivity contribution in [3.63, 3.8) is 0 Å². The molecule has 2 amide bonds. The molecule has 6 nitrogen and oxygen atoms in total. The number of urea groups is 1. The van der Waals surface area contributed by atoms with Crippen LogP contribution in [0.15, 0.2) is 72.8 Å². The highest BCUT2D eigenvalue weighted by Crippen LogP contribution is 2.43. The van der Waals surface area contributed by atoms with Gasteiger partial charge in [-0.2, -0.15) is 0 Å². The number of nitrogens with one attached hydrogen (secondary N) is 1. The second kappa shape index (κ2) is 9.96. The summed E-state index contributed by atoms with van der Waals surface area (Å²) in [5, 5.41) is 14.6. The second-order valence-corrected chi connectivity index (χ2v) is 8.23. The molecule has 2 N–H and O–H groups in total. The first kappa shape index (κ1) is 22.7. The molecule has 0 fully saturated rings. The average Bonchev–Trinajstić information content (AvgIpc) is 2.87. The van der Waals surface area contributed by atoms with Crippen molar-refractivity contribution in [3.8, 4) is 11.5 Å². The molecular weight excluding hydrogens is 416 g/mol. The zero-order valence-corrected chi connectivity index (χ0v) is 19.2. The Bertz CT molecular complexity index is 1090. The molecule has 3 atom stereocenters. The number of fused-ring (bicyclic) bond motifs is 1. The molecule has 4 rings (SSSR count). The lowest BCUT2D eigenvalue weighted by Crippen LogP contribution is -2.48. The summed E-state index contributed by atoms with van der Waals surface area (Å²) in [5.41, 5.74) is 3.67. The van der Waals surface area contributed by atoms with E-state index in [0.717, 1.165) is 22.3 Å². The Labute approximate surface area is 194 Å². The quantitative estimate of drug-likeness (QED) is 0.570. The Hall–Kier alpha value is -3.51. The van der Waals surface area contributed by atoms with E-state index in [4.69, 9.17) is 9.47 Å². The third kappa shape index (κ3) is 4.66. The number of carbonyl (C=O) groups is 1. The van der Waals surface area contributed by atoms with Crippen LogP contribution in [-0.4, -0.2) is 36.8 Å². The Balaban J connectivity index is 1.71. The standard InChI is InChI=1S/C27H30N2O4/c1-18(19-10-6-4-7-11-19)28-27(31)29-15-14-21-16-23(32-2)24(33-3)17-22(21)25(29)26(30)20-12-8-5-9-13-20/h4-13,16-18,25-26,30H,14-15H2,1-3H3,(H,28,31). The number of carbonyl (C=O) groups excluding carboxylic acids is 1. The van der Waals surface area contributed by atoms with Crippen molar-refractivity contribution >= 4 is 6.03 Å². The van der Waals surface area contributed by atoms with E-state index in [-0.39, 0.29) is 12.1 Å². The van der Waals surface area contributed by atoms with Crippen LogP contribution >= 0.6 is 0 Å². The second-order valence-electron chi connectivity index (χ2n) is 8.23. The number of hydrogen-bond acceptors (Lipinski definition) is 4. The molecule has 3 unspecified atom stereocenters. The minimum Gasteiger partial charge on any atom is -0.493 e. The number of benzene rings is 3. The largest absolute Gasteiger partial charge is 0.493 e. The zero-order valence-electron chi connectivity index (χ0n) is 19.2. The van der Waals surface area contributed by atoms with Crippen molar-refractivity contribution in [3.05, 3.63) is 95.1 Å². The number of aliphatic hydroxyl groups excluding tert-OH is 1. The van der Waals surface area contributed by atoms with E-state index in [2.05, 4.69) is 5.32 Å². The van der Waals surface area contributed by atoms with Crippen LogP contribution < -0.4 is 14.8 Å². The summed E-state index contributed by atoms with van der Waals surface area (Å²) in [5.74, 6) is 1.21. The third-order valence-corrected chi connectivity index (χ3v) is 6.26. The number of amides is 2. The Morgan fingerprint density at radius 1 is 0.970 bits per heavy atom. The van der Waals surface area contributed by atoms with Gasteiger partial charge < -0.3 is 24.8 Å². The van der Waals surface area contributed by atoms with Crippen LogP contribution in [0.2, 0.25) is 0 Å². The molecule has 0 bridgehead atoms. The fraction of sp³-hybridized carbons (Fsp3) is 0.296. The molecule has 0 aromatic heterocycles. The molecule has 1 heterocycles. The summed E-state index contributed by atoms with van der Waals surface area (Å²) < 4.78 is 11.0. The lowest BCUT2D eigenvalue weighted by atomic mass is 9.86. The van der Waals surface area contributed by atoms with Crippen LogP contribution in [0.1, 0.15) is 47.4 Å². The normalized spacial score (nSPS) is 17.0. The summed E-state index contributed by atoms with van der Waals surface area (Å²) in [4.78, 5) is 15.2. The summed E-state index contributed by atoms with van der Waals surface area (Å²) >= 11 is 0. The predicted molar refractivity (Wildman–Crippen MR) is 127 cm³/mol. The predicted octanol–water partition coefficient (Wildman–Crippen LogP) is 4.81. The number of ether oxygens (including phenoxy) is 2. The van der Waals surface area contributed by atoms with Crippen molar-refractivity contribution in [1.82, 2.24) is 10.2 Å². The maximum atomic E-state index is 13.5. The van der Waals surface area contributed by atoms with E-state index < -0.39 is 12.1 Å².